The molecule has 3 N–H and O–H groups in total. The fraction of sp³-hybridized carbons (Fsp3) is 0.556. The topological polar surface area (TPSA) is 126 Å². The number of aliphatic hydroxyl groups is 1. The first-order valence-electron chi connectivity index (χ1n) is 5.22. The summed E-state index contributed by atoms with van der Waals surface area (Å²) in [5, 5.41) is 18.2. The zero-order valence-corrected chi connectivity index (χ0v) is 11.7. The predicted octanol–water partition coefficient (Wildman–Crippen LogP) is -0.483. The van der Waals surface area contributed by atoms with Crippen molar-refractivity contribution in [2.75, 3.05) is 20.3 Å². The highest BCUT2D eigenvalue weighted by Gasteiger charge is 2.25. The number of sulfonamides is 1. The Morgan fingerprint density at radius 2 is 2.32 bits per heavy atom. The van der Waals surface area contributed by atoms with E-state index in [1.807, 2.05) is 0 Å². The van der Waals surface area contributed by atoms with Gasteiger partial charge in [-0.1, -0.05) is 0 Å². The lowest BCUT2D eigenvalue weighted by molar-refractivity contribution is 0.0603. The molecule has 1 atom stereocenters. The largest absolute Gasteiger partial charge is 0.476 e. The number of hydrogen-bond donors (Lipinski definition) is 3. The van der Waals surface area contributed by atoms with E-state index in [9.17, 15) is 18.3 Å². The maximum absolute atomic E-state index is 11.8. The molecule has 8 nitrogen and oxygen atoms in total. The lowest BCUT2D eigenvalue weighted by atomic mass is 10.3. The summed E-state index contributed by atoms with van der Waals surface area (Å²) in [4.78, 5) is 14.3. The number of ether oxygens (including phenoxy) is 1. The monoisotopic (exact) mass is 310 g/mol. The van der Waals surface area contributed by atoms with Crippen molar-refractivity contribution < 1.29 is 28.2 Å². The Kier molecular flexibility index (Phi) is 5.82. The molecule has 1 aromatic heterocycles. The molecule has 0 aromatic carbocycles. The highest BCUT2D eigenvalue weighted by molar-refractivity contribution is 7.91. The molecule has 0 bridgehead atoms. The molecule has 0 saturated carbocycles. The maximum atomic E-state index is 11.8. The Hall–Kier alpha value is -1.07. The molecule has 0 saturated heterocycles. The summed E-state index contributed by atoms with van der Waals surface area (Å²) in [6.45, 7) is 0.0759. The minimum Gasteiger partial charge on any atom is -0.476 e. The van der Waals surface area contributed by atoms with Gasteiger partial charge in [0.05, 0.1) is 18.2 Å². The first-order valence-corrected chi connectivity index (χ1v) is 7.58. The summed E-state index contributed by atoms with van der Waals surface area (Å²) < 4.78 is 30.2. The molecular formula is C9H14N2O6S2. The van der Waals surface area contributed by atoms with Crippen LogP contribution in [0.3, 0.4) is 0 Å². The van der Waals surface area contributed by atoms with Crippen molar-refractivity contribution >= 4 is 27.3 Å². The summed E-state index contributed by atoms with van der Waals surface area (Å²) in [5.74, 6) is -1.40. The number of hydrogen-bond acceptors (Lipinski definition) is 7. The van der Waals surface area contributed by atoms with Gasteiger partial charge in [-0.25, -0.2) is 22.9 Å². The fourth-order valence-corrected chi connectivity index (χ4v) is 3.50. The summed E-state index contributed by atoms with van der Waals surface area (Å²) in [5.41, 5.74) is 0.646. The van der Waals surface area contributed by atoms with Crippen molar-refractivity contribution in [3.63, 3.8) is 0 Å². The second kappa shape index (κ2) is 6.91. The number of aliphatic hydroxyl groups excluding tert-OH is 1. The van der Waals surface area contributed by atoms with Crippen molar-refractivity contribution in [2.24, 2.45) is 0 Å². The summed E-state index contributed by atoms with van der Waals surface area (Å²) in [6, 6.07) is 0. The van der Waals surface area contributed by atoms with Crippen LogP contribution in [0.15, 0.2) is 9.72 Å². The number of rotatable bonds is 8. The van der Waals surface area contributed by atoms with Crippen LogP contribution in [-0.4, -0.2) is 55.9 Å². The van der Waals surface area contributed by atoms with Crippen molar-refractivity contribution in [2.45, 2.75) is 16.7 Å². The van der Waals surface area contributed by atoms with Gasteiger partial charge in [-0.3, -0.25) is 0 Å². The molecule has 0 spiro atoms. The van der Waals surface area contributed by atoms with E-state index >= 15 is 0 Å². The van der Waals surface area contributed by atoms with Crippen LogP contribution in [0.2, 0.25) is 0 Å². The number of carbonyl (C=O) groups is 1. The predicted molar refractivity (Wildman–Crippen MR) is 66.8 cm³/mol. The normalized spacial score (nSPS) is 13.4. The number of nitrogens with zero attached hydrogens (tertiary/aromatic N) is 1. The van der Waals surface area contributed by atoms with Crippen LogP contribution in [0.5, 0.6) is 0 Å². The van der Waals surface area contributed by atoms with E-state index in [0.29, 0.717) is 0 Å². The summed E-state index contributed by atoms with van der Waals surface area (Å²) >= 11 is 0.724. The Morgan fingerprint density at radius 3 is 2.89 bits per heavy atom. The molecule has 19 heavy (non-hydrogen) atoms. The molecule has 1 aromatic rings. The number of carboxylic acids is 1. The highest BCUT2D eigenvalue weighted by Crippen LogP contribution is 2.19. The van der Waals surface area contributed by atoms with Gasteiger partial charge in [0.15, 0.2) is 9.90 Å². The van der Waals surface area contributed by atoms with E-state index in [0.717, 1.165) is 16.8 Å². The molecule has 0 aliphatic carbocycles. The molecule has 10 heteroatoms. The Morgan fingerprint density at radius 1 is 1.63 bits per heavy atom. The van der Waals surface area contributed by atoms with Crippen LogP contribution in [0.25, 0.3) is 0 Å². The lowest BCUT2D eigenvalue weighted by Crippen LogP contribution is -2.29. The highest BCUT2D eigenvalue weighted by atomic mass is 32.2. The molecule has 0 aliphatic heterocycles. The van der Waals surface area contributed by atoms with Gasteiger partial charge in [-0.2, -0.15) is 0 Å². The van der Waals surface area contributed by atoms with Gasteiger partial charge in [0.25, 0.3) is 10.0 Å². The number of aromatic nitrogens is 1. The van der Waals surface area contributed by atoms with Crippen LogP contribution in [0.4, 0.5) is 0 Å². The van der Waals surface area contributed by atoms with Crippen LogP contribution < -0.4 is 4.72 Å². The quantitative estimate of drug-likeness (QED) is 0.592. The van der Waals surface area contributed by atoms with Gasteiger partial charge in [0.1, 0.15) is 0 Å². The minimum atomic E-state index is -3.93. The number of thiazole rings is 1. The Labute approximate surface area is 114 Å². The van der Waals surface area contributed by atoms with Crippen molar-refractivity contribution in [3.05, 3.63) is 11.2 Å². The molecular weight excluding hydrogens is 296 g/mol. The van der Waals surface area contributed by atoms with Gasteiger partial charge in [-0.15, -0.1) is 11.3 Å². The molecule has 0 fully saturated rings. The second-order valence-corrected chi connectivity index (χ2v) is 6.41. The zero-order valence-electron chi connectivity index (χ0n) is 10.1. The van der Waals surface area contributed by atoms with E-state index in [1.165, 1.54) is 7.11 Å². The van der Waals surface area contributed by atoms with Gasteiger partial charge in [0, 0.05) is 13.7 Å². The van der Waals surface area contributed by atoms with E-state index < -0.39 is 27.8 Å². The number of nitrogens with one attached hydrogen (secondary N) is 1. The molecule has 0 radical (unpaired) electrons. The van der Waals surface area contributed by atoms with Gasteiger partial charge in [0.2, 0.25) is 0 Å². The van der Waals surface area contributed by atoms with Gasteiger partial charge >= 0.3 is 5.97 Å². The number of carboxylic acid groups (broad SMARTS) is 1. The Balaban J connectivity index is 2.66. The van der Waals surface area contributed by atoms with Crippen LogP contribution in [-0.2, 0) is 14.8 Å². The third kappa shape index (κ3) is 4.51. The standard InChI is InChI=1S/C9H14N2O6S2/c1-17-4-6(12)2-3-11-19(15,16)9-7(8(13)14)10-5-18-9/h5-6,11-12H,2-4H2,1H3,(H,13,14). The van der Waals surface area contributed by atoms with Crippen LogP contribution in [0.1, 0.15) is 16.9 Å². The smallest absolute Gasteiger partial charge is 0.356 e. The zero-order chi connectivity index (χ0) is 14.5. The molecule has 0 aliphatic rings. The van der Waals surface area contributed by atoms with Crippen molar-refractivity contribution in [1.29, 1.82) is 0 Å². The van der Waals surface area contributed by atoms with Crippen LogP contribution in [0, 0.1) is 0 Å². The Bertz CT molecular complexity index is 527. The number of methoxy groups -OCH3 is 1. The average molecular weight is 310 g/mol. The fourth-order valence-electron chi connectivity index (χ4n) is 1.27. The first-order chi connectivity index (χ1) is 8.88. The SMILES string of the molecule is COCC(O)CCNS(=O)(=O)c1scnc1C(=O)O. The lowest BCUT2D eigenvalue weighted by Gasteiger charge is -2.10. The summed E-state index contributed by atoms with van der Waals surface area (Å²) in [6.07, 6.45) is -0.623. The van der Waals surface area contributed by atoms with Crippen molar-refractivity contribution in [3.8, 4) is 0 Å². The van der Waals surface area contributed by atoms with Gasteiger partial charge in [-0.05, 0) is 6.42 Å². The van der Waals surface area contributed by atoms with E-state index in [4.69, 9.17) is 9.84 Å². The second-order valence-electron chi connectivity index (χ2n) is 3.59. The van der Waals surface area contributed by atoms with E-state index in [2.05, 4.69) is 9.71 Å². The van der Waals surface area contributed by atoms with Crippen LogP contribution >= 0.6 is 11.3 Å². The van der Waals surface area contributed by atoms with Gasteiger partial charge < -0.3 is 14.9 Å². The third-order valence-corrected chi connectivity index (χ3v) is 4.94. The molecule has 1 heterocycles. The first kappa shape index (κ1) is 16.0. The molecule has 0 amide bonds. The van der Waals surface area contributed by atoms with E-state index in [-0.39, 0.29) is 23.8 Å². The average Bonchev–Trinajstić information content (AvgIpc) is 2.78. The van der Waals surface area contributed by atoms with Crippen molar-refractivity contribution in [1.82, 2.24) is 9.71 Å². The molecule has 1 rings (SSSR count). The summed E-state index contributed by atoms with van der Waals surface area (Å²) in [7, 11) is -2.51. The van der Waals surface area contributed by atoms with E-state index in [1.54, 1.807) is 0 Å². The molecule has 1 unspecified atom stereocenters. The third-order valence-electron chi connectivity index (χ3n) is 2.11. The maximum Gasteiger partial charge on any atom is 0.356 e. The minimum absolute atomic E-state index is 0.0240. The molecule has 108 valence electrons. The number of aromatic carboxylic acids is 1.